The van der Waals surface area contributed by atoms with Gasteiger partial charge >= 0.3 is 0 Å². The molecule has 0 bridgehead atoms. The van der Waals surface area contributed by atoms with E-state index in [1.165, 1.54) is 17.2 Å². The summed E-state index contributed by atoms with van der Waals surface area (Å²) in [5, 5.41) is 3.48. The van der Waals surface area contributed by atoms with Crippen molar-refractivity contribution in [3.63, 3.8) is 0 Å². The van der Waals surface area contributed by atoms with E-state index in [0.717, 1.165) is 12.0 Å². The molecular formula is C16H17ClFN. The summed E-state index contributed by atoms with van der Waals surface area (Å²) >= 11 is 5.82. The van der Waals surface area contributed by atoms with Crippen LogP contribution in [0.2, 0.25) is 5.02 Å². The van der Waals surface area contributed by atoms with Crippen molar-refractivity contribution in [1.82, 2.24) is 5.32 Å². The molecule has 2 aromatic rings. The number of rotatable bonds is 4. The second kappa shape index (κ2) is 6.18. The minimum absolute atomic E-state index is 0.178. The molecule has 1 N–H and O–H groups in total. The summed E-state index contributed by atoms with van der Waals surface area (Å²) in [6.07, 6.45) is 0.779. The zero-order chi connectivity index (χ0) is 13.8. The summed E-state index contributed by atoms with van der Waals surface area (Å²) in [5.41, 5.74) is 3.52. The van der Waals surface area contributed by atoms with Gasteiger partial charge < -0.3 is 5.32 Å². The van der Waals surface area contributed by atoms with Gasteiger partial charge in [0.2, 0.25) is 0 Å². The lowest BCUT2D eigenvalue weighted by Gasteiger charge is -2.19. The molecule has 19 heavy (non-hydrogen) atoms. The topological polar surface area (TPSA) is 12.0 Å². The molecule has 1 unspecified atom stereocenters. The summed E-state index contributed by atoms with van der Waals surface area (Å²) in [6, 6.07) is 13.4. The predicted octanol–water partition coefficient (Wildman–Crippen LogP) is 4.29. The highest BCUT2D eigenvalue weighted by molar-refractivity contribution is 6.30. The molecule has 2 aromatic carbocycles. The van der Waals surface area contributed by atoms with Crippen LogP contribution in [0.3, 0.4) is 0 Å². The maximum absolute atomic E-state index is 13.2. The average Bonchev–Trinajstić information content (AvgIpc) is 2.41. The predicted molar refractivity (Wildman–Crippen MR) is 78.1 cm³/mol. The van der Waals surface area contributed by atoms with E-state index in [1.54, 1.807) is 12.1 Å². The molecule has 0 fully saturated rings. The smallest absolute Gasteiger partial charge is 0.141 e. The molecule has 1 nitrogen and oxygen atoms in total. The molecule has 0 saturated heterocycles. The van der Waals surface area contributed by atoms with Crippen LogP contribution in [0, 0.1) is 12.7 Å². The average molecular weight is 278 g/mol. The molecule has 0 aliphatic carbocycles. The van der Waals surface area contributed by atoms with Crippen LogP contribution in [-0.4, -0.2) is 7.05 Å². The molecule has 100 valence electrons. The lowest BCUT2D eigenvalue weighted by molar-refractivity contribution is 0.586. The first-order valence-electron chi connectivity index (χ1n) is 6.28. The van der Waals surface area contributed by atoms with Crippen molar-refractivity contribution < 1.29 is 4.39 Å². The van der Waals surface area contributed by atoms with Gasteiger partial charge in [-0.05, 0) is 49.2 Å². The Bertz CT molecular complexity index is 568. The first-order chi connectivity index (χ1) is 9.11. The van der Waals surface area contributed by atoms with Crippen molar-refractivity contribution in [3.05, 3.63) is 70.0 Å². The standard InChI is InChI=1S/C16H17ClFN/c1-11-5-3-4-6-13(11)16(19-2)10-12-7-8-15(18)14(17)9-12/h3-9,16,19H,10H2,1-2H3. The van der Waals surface area contributed by atoms with Crippen LogP contribution in [0.4, 0.5) is 4.39 Å². The third-order valence-electron chi connectivity index (χ3n) is 3.34. The Morgan fingerprint density at radius 2 is 1.95 bits per heavy atom. The van der Waals surface area contributed by atoms with Gasteiger partial charge in [0.25, 0.3) is 0 Å². The molecule has 0 radical (unpaired) electrons. The highest BCUT2D eigenvalue weighted by Crippen LogP contribution is 2.23. The van der Waals surface area contributed by atoms with E-state index >= 15 is 0 Å². The summed E-state index contributed by atoms with van der Waals surface area (Å²) in [6.45, 7) is 2.09. The van der Waals surface area contributed by atoms with Crippen LogP contribution in [0.1, 0.15) is 22.7 Å². The number of halogens is 2. The number of nitrogens with one attached hydrogen (secondary N) is 1. The molecule has 3 heteroatoms. The van der Waals surface area contributed by atoms with E-state index < -0.39 is 0 Å². The van der Waals surface area contributed by atoms with Crippen molar-refractivity contribution >= 4 is 11.6 Å². The Hall–Kier alpha value is -1.38. The van der Waals surface area contributed by atoms with Gasteiger partial charge in [0.05, 0.1) is 5.02 Å². The van der Waals surface area contributed by atoms with Gasteiger partial charge in [-0.1, -0.05) is 41.9 Å². The van der Waals surface area contributed by atoms with Crippen LogP contribution >= 0.6 is 11.6 Å². The molecule has 2 rings (SSSR count). The molecule has 0 heterocycles. The number of aryl methyl sites for hydroxylation is 1. The van der Waals surface area contributed by atoms with E-state index in [2.05, 4.69) is 24.4 Å². The number of likely N-dealkylation sites (N-methyl/N-ethyl adjacent to an activating group) is 1. The van der Waals surface area contributed by atoms with Crippen molar-refractivity contribution in [2.24, 2.45) is 0 Å². The monoisotopic (exact) mass is 277 g/mol. The van der Waals surface area contributed by atoms with E-state index in [-0.39, 0.29) is 16.9 Å². The van der Waals surface area contributed by atoms with Gasteiger partial charge in [-0.25, -0.2) is 4.39 Å². The molecule has 0 aliphatic heterocycles. The van der Waals surface area contributed by atoms with Crippen LogP contribution in [0.5, 0.6) is 0 Å². The van der Waals surface area contributed by atoms with Gasteiger partial charge in [0, 0.05) is 6.04 Å². The molecule has 1 atom stereocenters. The fourth-order valence-electron chi connectivity index (χ4n) is 2.25. The fraction of sp³-hybridized carbons (Fsp3) is 0.250. The maximum Gasteiger partial charge on any atom is 0.141 e. The van der Waals surface area contributed by atoms with Gasteiger partial charge in [-0.2, -0.15) is 0 Å². The van der Waals surface area contributed by atoms with Crippen molar-refractivity contribution in [2.45, 2.75) is 19.4 Å². The summed E-state index contributed by atoms with van der Waals surface area (Å²) < 4.78 is 13.2. The first-order valence-corrected chi connectivity index (χ1v) is 6.66. The van der Waals surface area contributed by atoms with Crippen molar-refractivity contribution in [3.8, 4) is 0 Å². The Morgan fingerprint density at radius 3 is 2.58 bits per heavy atom. The molecule has 0 amide bonds. The minimum Gasteiger partial charge on any atom is -0.313 e. The first kappa shape index (κ1) is 14.0. The lowest BCUT2D eigenvalue weighted by Crippen LogP contribution is -2.19. The van der Waals surface area contributed by atoms with E-state index in [9.17, 15) is 4.39 Å². The molecular weight excluding hydrogens is 261 g/mol. The second-order valence-corrected chi connectivity index (χ2v) is 5.06. The SMILES string of the molecule is CNC(Cc1ccc(F)c(Cl)c1)c1ccccc1C. The van der Waals surface area contributed by atoms with Gasteiger partial charge in [-0.15, -0.1) is 0 Å². The van der Waals surface area contributed by atoms with Gasteiger partial charge in [0.1, 0.15) is 5.82 Å². The lowest BCUT2D eigenvalue weighted by atomic mass is 9.95. The van der Waals surface area contributed by atoms with Gasteiger partial charge in [0.15, 0.2) is 0 Å². The van der Waals surface area contributed by atoms with Crippen LogP contribution in [0.25, 0.3) is 0 Å². The Labute approximate surface area is 118 Å². The number of hydrogen-bond donors (Lipinski definition) is 1. The Balaban J connectivity index is 2.24. The van der Waals surface area contributed by atoms with Crippen LogP contribution in [-0.2, 0) is 6.42 Å². The zero-order valence-electron chi connectivity index (χ0n) is 11.1. The van der Waals surface area contributed by atoms with Gasteiger partial charge in [-0.3, -0.25) is 0 Å². The van der Waals surface area contributed by atoms with E-state index in [4.69, 9.17) is 11.6 Å². The highest BCUT2D eigenvalue weighted by Gasteiger charge is 2.13. The molecule has 0 aromatic heterocycles. The molecule has 0 spiro atoms. The molecule has 0 aliphatic rings. The second-order valence-electron chi connectivity index (χ2n) is 4.65. The fourth-order valence-corrected chi connectivity index (χ4v) is 2.45. The third-order valence-corrected chi connectivity index (χ3v) is 3.63. The highest BCUT2D eigenvalue weighted by atomic mass is 35.5. The summed E-state index contributed by atoms with van der Waals surface area (Å²) in [4.78, 5) is 0. The Kier molecular flexibility index (Phi) is 4.56. The minimum atomic E-state index is -0.373. The van der Waals surface area contributed by atoms with Crippen molar-refractivity contribution in [1.29, 1.82) is 0 Å². The quantitative estimate of drug-likeness (QED) is 0.879. The van der Waals surface area contributed by atoms with E-state index in [0.29, 0.717) is 0 Å². The maximum atomic E-state index is 13.2. The van der Waals surface area contributed by atoms with E-state index in [1.807, 2.05) is 19.2 Å². The number of benzene rings is 2. The molecule has 0 saturated carbocycles. The van der Waals surface area contributed by atoms with Crippen LogP contribution in [0.15, 0.2) is 42.5 Å². The number of hydrogen-bond acceptors (Lipinski definition) is 1. The Morgan fingerprint density at radius 1 is 1.21 bits per heavy atom. The summed E-state index contributed by atoms with van der Waals surface area (Å²) in [7, 11) is 1.93. The van der Waals surface area contributed by atoms with Crippen molar-refractivity contribution in [2.75, 3.05) is 7.05 Å². The summed E-state index contributed by atoms with van der Waals surface area (Å²) in [5.74, 6) is -0.373. The van der Waals surface area contributed by atoms with Crippen LogP contribution < -0.4 is 5.32 Å². The zero-order valence-corrected chi connectivity index (χ0v) is 11.8. The third kappa shape index (κ3) is 3.34. The normalized spacial score (nSPS) is 12.4. The largest absolute Gasteiger partial charge is 0.313 e.